The van der Waals surface area contributed by atoms with Crippen LogP contribution in [0.15, 0.2) is 48.0 Å². The van der Waals surface area contributed by atoms with E-state index >= 15 is 0 Å². The van der Waals surface area contributed by atoms with Crippen LogP contribution in [0.3, 0.4) is 0 Å². The molecule has 0 aromatic heterocycles. The van der Waals surface area contributed by atoms with Crippen molar-refractivity contribution in [1.82, 2.24) is 0 Å². The maximum Gasteiger partial charge on any atom is 0.0998 e. The van der Waals surface area contributed by atoms with E-state index in [1.807, 2.05) is 24.3 Å². The molecule has 3 nitrogen and oxygen atoms in total. The van der Waals surface area contributed by atoms with Crippen LogP contribution in [0.5, 0.6) is 0 Å². The Morgan fingerprint density at radius 1 is 1.19 bits per heavy atom. The van der Waals surface area contributed by atoms with Gasteiger partial charge in [-0.25, -0.2) is 0 Å². The van der Waals surface area contributed by atoms with Crippen molar-refractivity contribution in [3.05, 3.63) is 53.6 Å². The lowest BCUT2D eigenvalue weighted by Crippen LogP contribution is -2.29. The average molecular weight is 278 g/mol. The molecule has 1 aliphatic heterocycles. The second-order valence-corrected chi connectivity index (χ2v) is 5.28. The third-order valence-electron chi connectivity index (χ3n) is 4.00. The second-order valence-electron chi connectivity index (χ2n) is 5.28. The van der Waals surface area contributed by atoms with Gasteiger partial charge in [-0.05, 0) is 24.1 Å². The first-order valence-corrected chi connectivity index (χ1v) is 7.17. The Bertz CT molecular complexity index is 728. The summed E-state index contributed by atoms with van der Waals surface area (Å²) in [5, 5.41) is 11.4. The van der Waals surface area contributed by atoms with Gasteiger partial charge in [0, 0.05) is 36.7 Å². The first-order chi connectivity index (χ1) is 10.3. The van der Waals surface area contributed by atoms with Crippen LogP contribution in [0.4, 0.5) is 5.69 Å². The predicted molar refractivity (Wildman–Crippen MR) is 85.5 cm³/mol. The van der Waals surface area contributed by atoms with Gasteiger partial charge in [-0.15, -0.1) is 0 Å². The molecule has 2 aromatic rings. The number of nitriles is 1. The molecule has 0 atom stereocenters. The van der Waals surface area contributed by atoms with Gasteiger partial charge in [-0.1, -0.05) is 30.3 Å². The summed E-state index contributed by atoms with van der Waals surface area (Å²) in [5.41, 5.74) is 3.31. The molecule has 0 N–H and O–H groups in total. The van der Waals surface area contributed by atoms with Gasteiger partial charge in [-0.2, -0.15) is 5.26 Å². The molecule has 0 saturated carbocycles. The molecular formula is C18H18N2O. The van der Waals surface area contributed by atoms with E-state index in [4.69, 9.17) is 4.74 Å². The zero-order valence-electron chi connectivity index (χ0n) is 12.2. The van der Waals surface area contributed by atoms with Gasteiger partial charge in [0.05, 0.1) is 18.2 Å². The van der Waals surface area contributed by atoms with Crippen LogP contribution in [0, 0.1) is 11.3 Å². The number of hydrogen-bond donors (Lipinski definition) is 0. The number of nitrogens with zero attached hydrogens (tertiary/aromatic N) is 2. The molecule has 3 rings (SSSR count). The SMILES string of the molecule is COCC1=CCN(c2ccc(C#N)c3ccccc23)CC1. The summed E-state index contributed by atoms with van der Waals surface area (Å²) < 4.78 is 5.20. The van der Waals surface area contributed by atoms with Crippen molar-refractivity contribution in [1.29, 1.82) is 5.26 Å². The zero-order valence-corrected chi connectivity index (χ0v) is 12.2. The van der Waals surface area contributed by atoms with E-state index < -0.39 is 0 Å². The molecule has 0 saturated heterocycles. The van der Waals surface area contributed by atoms with Crippen molar-refractivity contribution in [2.75, 3.05) is 31.7 Å². The molecule has 0 bridgehead atoms. The summed E-state index contributed by atoms with van der Waals surface area (Å²) >= 11 is 0. The fraction of sp³-hybridized carbons (Fsp3) is 0.278. The number of methoxy groups -OCH3 is 1. The number of fused-ring (bicyclic) bond motifs is 1. The van der Waals surface area contributed by atoms with Gasteiger partial charge in [0.2, 0.25) is 0 Å². The first kappa shape index (κ1) is 13.7. The number of anilines is 1. The van der Waals surface area contributed by atoms with Crippen LogP contribution in [0.25, 0.3) is 10.8 Å². The van der Waals surface area contributed by atoms with Gasteiger partial charge in [0.1, 0.15) is 0 Å². The standard InChI is InChI=1S/C18H18N2O/c1-21-13-14-8-10-20(11-9-14)18-7-6-15(12-19)16-4-2-3-5-17(16)18/h2-8H,9-11,13H2,1H3. The van der Waals surface area contributed by atoms with Gasteiger partial charge in [0.25, 0.3) is 0 Å². The van der Waals surface area contributed by atoms with Gasteiger partial charge >= 0.3 is 0 Å². The minimum atomic E-state index is 0.724. The third-order valence-corrected chi connectivity index (χ3v) is 4.00. The molecule has 0 unspecified atom stereocenters. The van der Waals surface area contributed by atoms with Crippen LogP contribution in [-0.2, 0) is 4.74 Å². The summed E-state index contributed by atoms with van der Waals surface area (Å²) in [6.07, 6.45) is 3.28. The van der Waals surface area contributed by atoms with Crippen LogP contribution >= 0.6 is 0 Å². The first-order valence-electron chi connectivity index (χ1n) is 7.17. The Morgan fingerprint density at radius 3 is 2.67 bits per heavy atom. The quantitative estimate of drug-likeness (QED) is 0.806. The Morgan fingerprint density at radius 2 is 2.00 bits per heavy atom. The smallest absolute Gasteiger partial charge is 0.0998 e. The number of rotatable bonds is 3. The van der Waals surface area contributed by atoms with Crippen molar-refractivity contribution >= 4 is 16.5 Å². The highest BCUT2D eigenvalue weighted by Crippen LogP contribution is 2.30. The summed E-state index contributed by atoms with van der Waals surface area (Å²) in [6, 6.07) is 14.4. The molecule has 3 heteroatoms. The fourth-order valence-electron chi connectivity index (χ4n) is 2.90. The van der Waals surface area contributed by atoms with E-state index in [0.717, 1.165) is 42.5 Å². The van der Waals surface area contributed by atoms with E-state index in [1.165, 1.54) is 11.3 Å². The van der Waals surface area contributed by atoms with E-state index in [-0.39, 0.29) is 0 Å². The normalized spacial score (nSPS) is 14.9. The highest BCUT2D eigenvalue weighted by atomic mass is 16.5. The van der Waals surface area contributed by atoms with Gasteiger partial charge in [-0.3, -0.25) is 0 Å². The second kappa shape index (κ2) is 5.99. The van der Waals surface area contributed by atoms with Crippen molar-refractivity contribution in [3.8, 4) is 6.07 Å². The molecular weight excluding hydrogens is 260 g/mol. The molecule has 0 fully saturated rings. The minimum absolute atomic E-state index is 0.724. The molecule has 0 amide bonds. The van der Waals surface area contributed by atoms with Crippen molar-refractivity contribution in [2.45, 2.75) is 6.42 Å². The molecule has 1 aliphatic rings. The van der Waals surface area contributed by atoms with Crippen LogP contribution < -0.4 is 4.90 Å². The fourth-order valence-corrected chi connectivity index (χ4v) is 2.90. The molecule has 1 heterocycles. The predicted octanol–water partition coefficient (Wildman–Crippen LogP) is 3.49. The molecule has 21 heavy (non-hydrogen) atoms. The largest absolute Gasteiger partial charge is 0.380 e. The maximum atomic E-state index is 9.24. The van der Waals surface area contributed by atoms with E-state index in [0.29, 0.717) is 0 Å². The molecule has 0 aliphatic carbocycles. The molecule has 106 valence electrons. The van der Waals surface area contributed by atoms with Gasteiger partial charge < -0.3 is 9.64 Å². The van der Waals surface area contributed by atoms with Crippen LogP contribution in [-0.4, -0.2) is 26.8 Å². The van der Waals surface area contributed by atoms with Crippen LogP contribution in [0.1, 0.15) is 12.0 Å². The Kier molecular flexibility index (Phi) is 3.89. The minimum Gasteiger partial charge on any atom is -0.380 e. The summed E-state index contributed by atoms with van der Waals surface area (Å²) in [7, 11) is 1.74. The van der Waals surface area contributed by atoms with E-state index in [1.54, 1.807) is 7.11 Å². The summed E-state index contributed by atoms with van der Waals surface area (Å²) in [6.45, 7) is 2.61. The van der Waals surface area contributed by atoms with Crippen molar-refractivity contribution < 1.29 is 4.74 Å². The van der Waals surface area contributed by atoms with E-state index in [9.17, 15) is 5.26 Å². The third kappa shape index (κ3) is 2.63. The summed E-state index contributed by atoms with van der Waals surface area (Å²) in [4.78, 5) is 2.36. The highest BCUT2D eigenvalue weighted by Gasteiger charge is 2.15. The lowest BCUT2D eigenvalue weighted by Gasteiger charge is -2.29. The molecule has 2 aromatic carbocycles. The average Bonchev–Trinajstić information content (AvgIpc) is 2.55. The Hall–Kier alpha value is -2.31. The van der Waals surface area contributed by atoms with Crippen LogP contribution in [0.2, 0.25) is 0 Å². The summed E-state index contributed by atoms with van der Waals surface area (Å²) in [5.74, 6) is 0. The molecule has 0 spiro atoms. The number of ether oxygens (including phenoxy) is 1. The topological polar surface area (TPSA) is 36.3 Å². The lowest BCUT2D eigenvalue weighted by atomic mass is 10.0. The van der Waals surface area contributed by atoms with E-state index in [2.05, 4.69) is 29.2 Å². The van der Waals surface area contributed by atoms with Gasteiger partial charge in [0.15, 0.2) is 0 Å². The van der Waals surface area contributed by atoms with Crippen molar-refractivity contribution in [2.24, 2.45) is 0 Å². The molecule has 0 radical (unpaired) electrons. The zero-order chi connectivity index (χ0) is 14.7. The van der Waals surface area contributed by atoms with Crippen molar-refractivity contribution in [3.63, 3.8) is 0 Å². The Labute approximate surface area is 125 Å². The highest BCUT2D eigenvalue weighted by molar-refractivity contribution is 5.97. The Balaban J connectivity index is 1.98. The number of benzene rings is 2. The maximum absolute atomic E-state index is 9.24. The number of hydrogen-bond acceptors (Lipinski definition) is 3. The lowest BCUT2D eigenvalue weighted by molar-refractivity contribution is 0.222. The monoisotopic (exact) mass is 278 g/mol.